The molecule has 0 amide bonds. The Morgan fingerprint density at radius 1 is 1.62 bits per heavy atom. The van der Waals surface area contributed by atoms with Crippen molar-refractivity contribution in [3.05, 3.63) is 18.1 Å². The van der Waals surface area contributed by atoms with E-state index in [1.807, 2.05) is 6.07 Å². The molecule has 0 aliphatic carbocycles. The van der Waals surface area contributed by atoms with Crippen molar-refractivity contribution in [1.82, 2.24) is 9.97 Å². The van der Waals surface area contributed by atoms with Crippen LogP contribution >= 0.6 is 0 Å². The highest BCUT2D eigenvalue weighted by Gasteiger charge is 2.13. The summed E-state index contributed by atoms with van der Waals surface area (Å²) in [5.74, 6) is 0.0770. The van der Waals surface area contributed by atoms with Crippen molar-refractivity contribution >= 4 is 11.8 Å². The SMILES string of the molecule is CCOC(=O)C(C)Nc1cnc(C#N)cn1. The van der Waals surface area contributed by atoms with E-state index in [-0.39, 0.29) is 11.7 Å². The van der Waals surface area contributed by atoms with Gasteiger partial charge in [0.15, 0.2) is 5.69 Å². The predicted octanol–water partition coefficient (Wildman–Crippen LogP) is 0.712. The molecule has 1 aromatic rings. The first-order valence-corrected chi connectivity index (χ1v) is 4.82. The number of hydrogen-bond acceptors (Lipinski definition) is 6. The van der Waals surface area contributed by atoms with Gasteiger partial charge in [-0.05, 0) is 13.8 Å². The Kier molecular flexibility index (Phi) is 4.21. The zero-order chi connectivity index (χ0) is 12.0. The van der Waals surface area contributed by atoms with Crippen LogP contribution < -0.4 is 5.32 Å². The zero-order valence-electron chi connectivity index (χ0n) is 9.10. The van der Waals surface area contributed by atoms with Gasteiger partial charge in [-0.2, -0.15) is 5.26 Å². The highest BCUT2D eigenvalue weighted by Crippen LogP contribution is 2.03. The van der Waals surface area contributed by atoms with Crippen molar-refractivity contribution in [3.63, 3.8) is 0 Å². The molecule has 6 heteroatoms. The fourth-order valence-electron chi connectivity index (χ4n) is 1.01. The second kappa shape index (κ2) is 5.66. The third kappa shape index (κ3) is 3.20. The van der Waals surface area contributed by atoms with Gasteiger partial charge in [0, 0.05) is 0 Å². The molecule has 0 saturated carbocycles. The number of nitriles is 1. The lowest BCUT2D eigenvalue weighted by Crippen LogP contribution is -2.28. The van der Waals surface area contributed by atoms with Gasteiger partial charge < -0.3 is 10.1 Å². The quantitative estimate of drug-likeness (QED) is 0.752. The van der Waals surface area contributed by atoms with Crippen LogP contribution in [-0.2, 0) is 9.53 Å². The van der Waals surface area contributed by atoms with Gasteiger partial charge >= 0.3 is 5.97 Å². The predicted molar refractivity (Wildman–Crippen MR) is 56.5 cm³/mol. The van der Waals surface area contributed by atoms with E-state index in [9.17, 15) is 4.79 Å². The molecule has 1 heterocycles. The van der Waals surface area contributed by atoms with Crippen LogP contribution in [0.25, 0.3) is 0 Å². The maximum atomic E-state index is 11.3. The van der Waals surface area contributed by atoms with E-state index < -0.39 is 6.04 Å². The van der Waals surface area contributed by atoms with Gasteiger partial charge in [-0.3, -0.25) is 0 Å². The molecule has 0 radical (unpaired) electrons. The Balaban J connectivity index is 2.59. The molecule has 0 aliphatic rings. The fourth-order valence-corrected chi connectivity index (χ4v) is 1.01. The van der Waals surface area contributed by atoms with Crippen molar-refractivity contribution in [2.75, 3.05) is 11.9 Å². The summed E-state index contributed by atoms with van der Waals surface area (Å²) in [6.45, 7) is 3.74. The molecular formula is C10H12N4O2. The molecule has 1 aromatic heterocycles. The van der Waals surface area contributed by atoms with E-state index in [1.54, 1.807) is 13.8 Å². The Hall–Kier alpha value is -2.16. The van der Waals surface area contributed by atoms with Gasteiger partial charge in [-0.15, -0.1) is 0 Å². The number of nitrogens with one attached hydrogen (secondary N) is 1. The van der Waals surface area contributed by atoms with Gasteiger partial charge in [0.1, 0.15) is 17.9 Å². The summed E-state index contributed by atoms with van der Waals surface area (Å²) in [5.41, 5.74) is 0.231. The lowest BCUT2D eigenvalue weighted by Gasteiger charge is -2.12. The third-order valence-corrected chi connectivity index (χ3v) is 1.77. The number of carbonyl (C=O) groups excluding carboxylic acids is 1. The average molecular weight is 220 g/mol. The van der Waals surface area contributed by atoms with Crippen LogP contribution in [0.1, 0.15) is 19.5 Å². The van der Waals surface area contributed by atoms with E-state index in [2.05, 4.69) is 15.3 Å². The molecule has 0 aliphatic heterocycles. The van der Waals surface area contributed by atoms with Crippen LogP contribution in [0, 0.1) is 11.3 Å². The molecule has 0 bridgehead atoms. The van der Waals surface area contributed by atoms with Crippen LogP contribution in [0.3, 0.4) is 0 Å². The Morgan fingerprint density at radius 2 is 2.38 bits per heavy atom. The average Bonchev–Trinajstić information content (AvgIpc) is 2.30. The number of ether oxygens (including phenoxy) is 1. The largest absolute Gasteiger partial charge is 0.464 e. The van der Waals surface area contributed by atoms with Gasteiger partial charge in [-0.25, -0.2) is 14.8 Å². The number of anilines is 1. The number of rotatable bonds is 4. The Labute approximate surface area is 93.3 Å². The lowest BCUT2D eigenvalue weighted by molar-refractivity contribution is -0.143. The second-order valence-electron chi connectivity index (χ2n) is 3.02. The molecule has 16 heavy (non-hydrogen) atoms. The molecule has 6 nitrogen and oxygen atoms in total. The fraction of sp³-hybridized carbons (Fsp3) is 0.400. The summed E-state index contributed by atoms with van der Waals surface area (Å²) in [6, 6.07) is 1.36. The minimum atomic E-state index is -0.498. The molecule has 0 aromatic carbocycles. The van der Waals surface area contributed by atoms with Crippen molar-refractivity contribution in [1.29, 1.82) is 5.26 Å². The van der Waals surface area contributed by atoms with Crippen LogP contribution in [0.2, 0.25) is 0 Å². The maximum absolute atomic E-state index is 11.3. The van der Waals surface area contributed by atoms with E-state index in [4.69, 9.17) is 10.00 Å². The number of carbonyl (C=O) groups is 1. The van der Waals surface area contributed by atoms with Gasteiger partial charge in [0.2, 0.25) is 0 Å². The first-order valence-electron chi connectivity index (χ1n) is 4.82. The van der Waals surface area contributed by atoms with Gasteiger partial charge in [0.05, 0.1) is 19.0 Å². The first kappa shape index (κ1) is 11.9. The monoisotopic (exact) mass is 220 g/mol. The van der Waals surface area contributed by atoms with Crippen molar-refractivity contribution in [3.8, 4) is 6.07 Å². The van der Waals surface area contributed by atoms with Crippen LogP contribution in [0.4, 0.5) is 5.82 Å². The summed E-state index contributed by atoms with van der Waals surface area (Å²) >= 11 is 0. The highest BCUT2D eigenvalue weighted by atomic mass is 16.5. The number of hydrogen-bond donors (Lipinski definition) is 1. The number of nitrogens with zero attached hydrogens (tertiary/aromatic N) is 3. The molecule has 0 spiro atoms. The lowest BCUT2D eigenvalue weighted by atomic mass is 10.3. The third-order valence-electron chi connectivity index (χ3n) is 1.77. The standard InChI is InChI=1S/C10H12N4O2/c1-3-16-10(15)7(2)14-9-6-12-8(4-11)5-13-9/h5-7H,3H2,1-2H3,(H,13,14). The van der Waals surface area contributed by atoms with Crippen molar-refractivity contribution in [2.45, 2.75) is 19.9 Å². The van der Waals surface area contributed by atoms with Gasteiger partial charge in [0.25, 0.3) is 0 Å². The van der Waals surface area contributed by atoms with E-state index in [0.717, 1.165) is 0 Å². The highest BCUT2D eigenvalue weighted by molar-refractivity contribution is 5.78. The maximum Gasteiger partial charge on any atom is 0.328 e. The van der Waals surface area contributed by atoms with Crippen molar-refractivity contribution < 1.29 is 9.53 Å². The summed E-state index contributed by atoms with van der Waals surface area (Å²) in [6.07, 6.45) is 2.73. The molecule has 0 fully saturated rings. The first-order chi connectivity index (χ1) is 7.67. The summed E-state index contributed by atoms with van der Waals surface area (Å²) in [7, 11) is 0. The van der Waals surface area contributed by atoms with Crippen molar-refractivity contribution in [2.24, 2.45) is 0 Å². The van der Waals surface area contributed by atoms with E-state index >= 15 is 0 Å². The molecule has 84 valence electrons. The summed E-state index contributed by atoms with van der Waals surface area (Å²) < 4.78 is 4.82. The minimum absolute atomic E-state index is 0.231. The van der Waals surface area contributed by atoms with Crippen LogP contribution in [-0.4, -0.2) is 28.6 Å². The van der Waals surface area contributed by atoms with Crippen LogP contribution in [0.5, 0.6) is 0 Å². The van der Waals surface area contributed by atoms with E-state index in [1.165, 1.54) is 12.4 Å². The van der Waals surface area contributed by atoms with Crippen LogP contribution in [0.15, 0.2) is 12.4 Å². The molecule has 0 saturated heterocycles. The normalized spacial score (nSPS) is 11.3. The molecule has 1 atom stereocenters. The topological polar surface area (TPSA) is 87.9 Å². The van der Waals surface area contributed by atoms with Gasteiger partial charge in [-0.1, -0.05) is 0 Å². The zero-order valence-corrected chi connectivity index (χ0v) is 9.10. The molecule has 1 unspecified atom stereocenters. The van der Waals surface area contributed by atoms with E-state index in [0.29, 0.717) is 12.4 Å². The minimum Gasteiger partial charge on any atom is -0.464 e. The number of aromatic nitrogens is 2. The number of esters is 1. The Bertz CT molecular complexity index is 396. The Morgan fingerprint density at radius 3 is 2.88 bits per heavy atom. The summed E-state index contributed by atoms with van der Waals surface area (Å²) in [4.78, 5) is 19.0. The molecule has 1 N–H and O–H groups in total. The smallest absolute Gasteiger partial charge is 0.328 e. The molecular weight excluding hydrogens is 208 g/mol. The summed E-state index contributed by atoms with van der Waals surface area (Å²) in [5, 5.41) is 11.3. The molecule has 1 rings (SSSR count). The second-order valence-corrected chi connectivity index (χ2v) is 3.02.